The highest BCUT2D eigenvalue weighted by Gasteiger charge is 2.46. The number of amides is 1. The van der Waals surface area contributed by atoms with Gasteiger partial charge in [-0.05, 0) is 44.2 Å². The summed E-state index contributed by atoms with van der Waals surface area (Å²) in [6.07, 6.45) is 3.60. The second-order valence-electron chi connectivity index (χ2n) is 7.92. The lowest BCUT2D eigenvalue weighted by Crippen LogP contribution is -2.59. The minimum atomic E-state index is -0.572. The molecule has 8 nitrogen and oxygen atoms in total. The van der Waals surface area contributed by atoms with E-state index < -0.39 is 12.1 Å². The molecule has 0 aromatic rings. The van der Waals surface area contributed by atoms with Gasteiger partial charge in [-0.25, -0.2) is 9.82 Å². The van der Waals surface area contributed by atoms with Crippen LogP contribution in [0.3, 0.4) is 0 Å². The largest absolute Gasteiger partial charge is 0.351 e. The molecule has 0 aromatic heterocycles. The number of hydrazine groups is 1. The van der Waals surface area contributed by atoms with Crippen molar-refractivity contribution in [1.82, 2.24) is 31.7 Å². The third-order valence-corrected chi connectivity index (χ3v) is 6.71. The molecule has 0 aromatic carbocycles. The monoisotopic (exact) mass is 401 g/mol. The number of nitrogens with zero attached hydrogens (tertiary/aromatic N) is 1. The maximum Gasteiger partial charge on any atom is 0.229 e. The molecule has 152 valence electrons. The van der Waals surface area contributed by atoms with Crippen molar-refractivity contribution in [3.05, 3.63) is 12.0 Å². The Hall–Kier alpha value is -0.970. The molecular formula is C17H29ClFN7O. The first-order valence-corrected chi connectivity index (χ1v) is 10.3. The zero-order valence-corrected chi connectivity index (χ0v) is 16.0. The molecule has 0 saturated carbocycles. The first-order chi connectivity index (χ1) is 13.0. The van der Waals surface area contributed by atoms with Gasteiger partial charge >= 0.3 is 0 Å². The van der Waals surface area contributed by atoms with Gasteiger partial charge in [0.05, 0.1) is 24.4 Å². The second-order valence-corrected chi connectivity index (χ2v) is 8.39. The Morgan fingerprint density at radius 3 is 2.96 bits per heavy atom. The fraction of sp³-hybridized carbons (Fsp3) is 0.824. The second kappa shape index (κ2) is 8.18. The molecular weight excluding hydrogens is 373 g/mol. The van der Waals surface area contributed by atoms with Crippen molar-refractivity contribution < 1.29 is 9.18 Å². The topological polar surface area (TPSA) is 106 Å². The molecule has 7 unspecified atom stereocenters. The molecule has 4 rings (SSSR count). The van der Waals surface area contributed by atoms with Crippen LogP contribution in [-0.2, 0) is 4.79 Å². The van der Waals surface area contributed by atoms with Crippen molar-refractivity contribution in [2.24, 2.45) is 23.5 Å². The minimum Gasteiger partial charge on any atom is -0.351 e. The molecule has 10 heteroatoms. The highest BCUT2D eigenvalue weighted by Crippen LogP contribution is 2.33. The summed E-state index contributed by atoms with van der Waals surface area (Å²) in [4.78, 5) is 13.1. The van der Waals surface area contributed by atoms with Crippen LogP contribution >= 0.6 is 11.6 Å². The maximum absolute atomic E-state index is 13.5. The van der Waals surface area contributed by atoms with Crippen LogP contribution in [-0.4, -0.2) is 61.0 Å². The molecule has 1 amide bonds. The Bertz CT molecular complexity index is 594. The third-order valence-electron chi connectivity index (χ3n) is 6.23. The van der Waals surface area contributed by atoms with Gasteiger partial charge in [-0.3, -0.25) is 15.1 Å². The zero-order valence-electron chi connectivity index (χ0n) is 15.3. The molecule has 4 aliphatic heterocycles. The average molecular weight is 402 g/mol. The number of halogens is 2. The summed E-state index contributed by atoms with van der Waals surface area (Å²) in [5.41, 5.74) is 9.04. The molecule has 7 atom stereocenters. The van der Waals surface area contributed by atoms with Gasteiger partial charge in [-0.1, -0.05) is 0 Å². The Kier molecular flexibility index (Phi) is 5.86. The van der Waals surface area contributed by atoms with Crippen LogP contribution in [0.1, 0.15) is 19.3 Å². The quantitative estimate of drug-likeness (QED) is 0.269. The van der Waals surface area contributed by atoms with Crippen molar-refractivity contribution in [3.8, 4) is 0 Å². The van der Waals surface area contributed by atoms with Gasteiger partial charge in [0, 0.05) is 12.6 Å². The van der Waals surface area contributed by atoms with E-state index in [2.05, 4.69) is 26.7 Å². The molecule has 3 saturated heterocycles. The van der Waals surface area contributed by atoms with Crippen LogP contribution in [0.25, 0.3) is 0 Å². The number of hydrogen-bond donors (Lipinski definition) is 6. The zero-order chi connectivity index (χ0) is 19.0. The number of nitrogens with one attached hydrogen (secondary N) is 5. The number of hydrogen-bond acceptors (Lipinski definition) is 7. The maximum atomic E-state index is 13.5. The first kappa shape index (κ1) is 19.4. The summed E-state index contributed by atoms with van der Waals surface area (Å²) in [7, 11) is 0. The van der Waals surface area contributed by atoms with Gasteiger partial charge in [-0.2, -0.15) is 0 Å². The number of alkyl halides is 1. The summed E-state index contributed by atoms with van der Waals surface area (Å²) in [6.45, 7) is 2.71. The van der Waals surface area contributed by atoms with Gasteiger partial charge in [0.2, 0.25) is 5.91 Å². The third kappa shape index (κ3) is 3.94. The number of carbonyl (C=O) groups is 1. The Balaban J connectivity index is 1.44. The Labute approximate surface area is 163 Å². The predicted molar refractivity (Wildman–Crippen MR) is 101 cm³/mol. The van der Waals surface area contributed by atoms with Crippen molar-refractivity contribution in [2.45, 2.75) is 43.1 Å². The van der Waals surface area contributed by atoms with Crippen LogP contribution < -0.4 is 32.4 Å². The lowest BCUT2D eigenvalue weighted by atomic mass is 9.77. The number of rotatable bonds is 3. The Morgan fingerprint density at radius 1 is 1.30 bits per heavy atom. The lowest BCUT2D eigenvalue weighted by molar-refractivity contribution is -0.127. The van der Waals surface area contributed by atoms with E-state index in [9.17, 15) is 9.18 Å². The highest BCUT2D eigenvalue weighted by atomic mass is 35.5. The molecule has 0 aliphatic carbocycles. The molecule has 7 N–H and O–H groups in total. The normalized spacial score (nSPS) is 42.4. The molecule has 0 radical (unpaired) electrons. The van der Waals surface area contributed by atoms with E-state index >= 15 is 0 Å². The fourth-order valence-electron chi connectivity index (χ4n) is 4.88. The molecule has 4 heterocycles. The summed E-state index contributed by atoms with van der Waals surface area (Å²) in [6, 6.07) is 0.00881. The van der Waals surface area contributed by atoms with Crippen LogP contribution in [0.2, 0.25) is 0 Å². The number of piperidine rings is 2. The summed E-state index contributed by atoms with van der Waals surface area (Å²) in [5, 5.41) is 14.5. The molecule has 3 fully saturated rings. The van der Waals surface area contributed by atoms with Crippen LogP contribution in [0.5, 0.6) is 0 Å². The van der Waals surface area contributed by atoms with Crippen molar-refractivity contribution in [2.75, 3.05) is 26.2 Å². The van der Waals surface area contributed by atoms with Crippen molar-refractivity contribution >= 4 is 17.5 Å². The molecule has 27 heavy (non-hydrogen) atoms. The summed E-state index contributed by atoms with van der Waals surface area (Å²) < 4.78 is 13.5. The summed E-state index contributed by atoms with van der Waals surface area (Å²) in [5.74, 6) is -0.248. The fourth-order valence-corrected chi connectivity index (χ4v) is 5.31. The van der Waals surface area contributed by atoms with Gasteiger partial charge in [0.15, 0.2) is 0 Å². The summed E-state index contributed by atoms with van der Waals surface area (Å²) >= 11 is 6.54. The number of fused-ring (bicyclic) bond motifs is 1. The lowest BCUT2D eigenvalue weighted by Gasteiger charge is -2.42. The van der Waals surface area contributed by atoms with Gasteiger partial charge in [-0.15, -0.1) is 11.6 Å². The van der Waals surface area contributed by atoms with Gasteiger partial charge in [0.1, 0.15) is 17.9 Å². The minimum absolute atomic E-state index is 0.00881. The van der Waals surface area contributed by atoms with Crippen molar-refractivity contribution in [1.29, 1.82) is 0 Å². The van der Waals surface area contributed by atoms with Crippen LogP contribution in [0.4, 0.5) is 4.39 Å². The van der Waals surface area contributed by atoms with E-state index in [1.54, 1.807) is 5.01 Å². The standard InChI is InChI=1S/C17H29ClFN7O/c18-14-11(2-1-4-22-14)10-3-5-21-7-12(10)24-17(27)13-15(20)25-26-8-9(19)6-23-16(13)26/h8,10-16,21-23,25H,1-7,20H2,(H,24,27). The van der Waals surface area contributed by atoms with Gasteiger partial charge < -0.3 is 21.7 Å². The SMILES string of the molecule is NC1NN2C=C(F)CNC2C1C(=O)NC1CNCCC1C1CCCNC1Cl. The first-order valence-electron chi connectivity index (χ1n) is 9.83. The highest BCUT2D eigenvalue weighted by molar-refractivity contribution is 6.20. The van der Waals surface area contributed by atoms with E-state index in [1.807, 2.05) is 0 Å². The molecule has 0 spiro atoms. The predicted octanol–water partition coefficient (Wildman–Crippen LogP) is -0.893. The smallest absolute Gasteiger partial charge is 0.229 e. The van der Waals surface area contributed by atoms with Crippen LogP contribution in [0, 0.1) is 17.8 Å². The van der Waals surface area contributed by atoms with E-state index in [4.69, 9.17) is 17.3 Å². The van der Waals surface area contributed by atoms with Crippen molar-refractivity contribution in [3.63, 3.8) is 0 Å². The van der Waals surface area contributed by atoms with E-state index in [0.717, 1.165) is 38.9 Å². The number of carbonyl (C=O) groups excluding carboxylic acids is 1. The number of nitrogens with two attached hydrogens (primary N) is 1. The van der Waals surface area contributed by atoms with E-state index in [0.29, 0.717) is 11.8 Å². The average Bonchev–Trinajstić information content (AvgIpc) is 2.97. The Morgan fingerprint density at radius 2 is 2.15 bits per heavy atom. The molecule has 4 aliphatic rings. The van der Waals surface area contributed by atoms with E-state index in [-0.39, 0.29) is 36.0 Å². The van der Waals surface area contributed by atoms with Crippen LogP contribution in [0.15, 0.2) is 12.0 Å². The van der Waals surface area contributed by atoms with Gasteiger partial charge in [0.25, 0.3) is 0 Å². The molecule has 0 bridgehead atoms. The van der Waals surface area contributed by atoms with E-state index in [1.165, 1.54) is 6.20 Å².